The summed E-state index contributed by atoms with van der Waals surface area (Å²) in [4.78, 5) is 29.8. The van der Waals surface area contributed by atoms with Crippen LogP contribution in [0.4, 0.5) is 5.69 Å². The van der Waals surface area contributed by atoms with Crippen LogP contribution in [0, 0.1) is 0 Å². The molecule has 168 valence electrons. The largest absolute Gasteiger partial charge is 0.383 e. The van der Waals surface area contributed by atoms with Gasteiger partial charge in [0.05, 0.1) is 17.2 Å². The quantitative estimate of drug-likeness (QED) is 0.578. The van der Waals surface area contributed by atoms with Gasteiger partial charge in [0, 0.05) is 25.9 Å². The number of benzene rings is 2. The molecule has 0 bridgehead atoms. The Labute approximate surface area is 194 Å². The Morgan fingerprint density at radius 1 is 1.12 bits per heavy atom. The van der Waals surface area contributed by atoms with Gasteiger partial charge in [0.25, 0.3) is 5.91 Å². The fourth-order valence-corrected chi connectivity index (χ4v) is 4.71. The molecular weight excluding hydrogens is 424 g/mol. The molecule has 4 rings (SSSR count). The maximum absolute atomic E-state index is 13.5. The second-order valence-corrected chi connectivity index (χ2v) is 8.83. The van der Waals surface area contributed by atoms with Gasteiger partial charge in [0.2, 0.25) is 5.91 Å². The number of ether oxygens (including phenoxy) is 1. The van der Waals surface area contributed by atoms with E-state index in [1.54, 1.807) is 23.0 Å². The monoisotopic (exact) mass is 452 g/mol. The van der Waals surface area contributed by atoms with Gasteiger partial charge in [-0.15, -0.1) is 0 Å². The maximum Gasteiger partial charge on any atom is 0.260 e. The molecule has 0 radical (unpaired) electrons. The normalized spacial score (nSPS) is 16.4. The number of para-hydroxylation sites is 1. The molecule has 2 aromatic rings. The van der Waals surface area contributed by atoms with Gasteiger partial charge in [-0.2, -0.15) is 0 Å². The van der Waals surface area contributed by atoms with E-state index in [9.17, 15) is 9.59 Å². The summed E-state index contributed by atoms with van der Waals surface area (Å²) in [7, 11) is 1.61. The Morgan fingerprint density at radius 3 is 2.72 bits per heavy atom. The minimum absolute atomic E-state index is 0.0233. The first-order valence-corrected chi connectivity index (χ1v) is 11.6. The van der Waals surface area contributed by atoms with Crippen molar-refractivity contribution in [2.45, 2.75) is 38.6 Å². The van der Waals surface area contributed by atoms with Crippen LogP contribution in [0.15, 0.2) is 54.1 Å². The number of halogens is 1. The van der Waals surface area contributed by atoms with E-state index in [1.807, 2.05) is 36.4 Å². The Bertz CT molecular complexity index is 1030. The molecule has 0 fully saturated rings. The average molecular weight is 453 g/mol. The third-order valence-electron chi connectivity index (χ3n) is 6.18. The second-order valence-electron chi connectivity index (χ2n) is 8.43. The van der Waals surface area contributed by atoms with Crippen molar-refractivity contribution in [3.63, 3.8) is 0 Å². The van der Waals surface area contributed by atoms with Gasteiger partial charge >= 0.3 is 0 Å². The van der Waals surface area contributed by atoms with Crippen molar-refractivity contribution in [2.75, 3.05) is 31.7 Å². The van der Waals surface area contributed by atoms with Crippen molar-refractivity contribution >= 4 is 29.1 Å². The van der Waals surface area contributed by atoms with Crippen LogP contribution in [0.25, 0.3) is 0 Å². The van der Waals surface area contributed by atoms with Gasteiger partial charge in [-0.05, 0) is 61.4 Å². The molecule has 1 heterocycles. The molecule has 0 aromatic heterocycles. The molecule has 0 saturated heterocycles. The summed E-state index contributed by atoms with van der Waals surface area (Å²) < 4.78 is 5.15. The number of carbonyl (C=O) groups excluding carboxylic acids is 2. The number of hydrogen-bond donors (Lipinski definition) is 0. The summed E-state index contributed by atoms with van der Waals surface area (Å²) in [5.74, 6) is -0.364. The van der Waals surface area contributed by atoms with E-state index in [-0.39, 0.29) is 18.4 Å². The predicted octanol–water partition coefficient (Wildman–Crippen LogP) is 5.02. The number of allylic oxidation sites excluding steroid dienone is 2. The van der Waals surface area contributed by atoms with Crippen LogP contribution in [-0.4, -0.2) is 43.5 Å². The predicted molar refractivity (Wildman–Crippen MR) is 127 cm³/mol. The summed E-state index contributed by atoms with van der Waals surface area (Å²) >= 11 is 6.58. The summed E-state index contributed by atoms with van der Waals surface area (Å²) in [5.41, 5.74) is 4.64. The van der Waals surface area contributed by atoms with E-state index in [2.05, 4.69) is 6.08 Å². The first kappa shape index (κ1) is 22.6. The SMILES string of the molecule is COCCN1Cc2ccccc2N(C(=O)c2ccc(CC3=CCCCC3)cc2Cl)CC1=O. The third kappa shape index (κ3) is 5.05. The van der Waals surface area contributed by atoms with Crippen LogP contribution < -0.4 is 4.90 Å². The molecule has 2 amide bonds. The number of nitrogens with zero attached hydrogens (tertiary/aromatic N) is 2. The average Bonchev–Trinajstić information content (AvgIpc) is 2.94. The van der Waals surface area contributed by atoms with E-state index < -0.39 is 0 Å². The molecule has 0 spiro atoms. The molecule has 0 N–H and O–H groups in total. The first-order valence-electron chi connectivity index (χ1n) is 11.2. The fourth-order valence-electron chi connectivity index (χ4n) is 4.42. The molecule has 1 aliphatic heterocycles. The molecule has 0 atom stereocenters. The highest BCUT2D eigenvalue weighted by molar-refractivity contribution is 6.34. The molecule has 5 nitrogen and oxygen atoms in total. The number of fused-ring (bicyclic) bond motifs is 1. The molecule has 0 saturated carbocycles. The van der Waals surface area contributed by atoms with Crippen molar-refractivity contribution in [3.05, 3.63) is 75.8 Å². The zero-order chi connectivity index (χ0) is 22.5. The van der Waals surface area contributed by atoms with Gasteiger partial charge in [0.15, 0.2) is 0 Å². The van der Waals surface area contributed by atoms with Gasteiger partial charge in [-0.1, -0.05) is 47.5 Å². The number of carbonyl (C=O) groups is 2. The molecule has 6 heteroatoms. The summed E-state index contributed by atoms with van der Waals surface area (Å²) in [6.45, 7) is 1.36. The van der Waals surface area contributed by atoms with Crippen molar-refractivity contribution in [1.29, 1.82) is 0 Å². The summed E-state index contributed by atoms with van der Waals surface area (Å²) in [6, 6.07) is 13.3. The van der Waals surface area contributed by atoms with Gasteiger partial charge in [0.1, 0.15) is 6.54 Å². The number of hydrogen-bond acceptors (Lipinski definition) is 3. The van der Waals surface area contributed by atoms with Crippen LogP contribution in [-0.2, 0) is 22.5 Å². The zero-order valence-electron chi connectivity index (χ0n) is 18.5. The lowest BCUT2D eigenvalue weighted by atomic mass is 9.94. The van der Waals surface area contributed by atoms with Crippen molar-refractivity contribution in [2.24, 2.45) is 0 Å². The minimum Gasteiger partial charge on any atom is -0.383 e. The second kappa shape index (κ2) is 10.3. The number of rotatable bonds is 6. The van der Waals surface area contributed by atoms with Crippen molar-refractivity contribution < 1.29 is 14.3 Å². The minimum atomic E-state index is -0.257. The highest BCUT2D eigenvalue weighted by Crippen LogP contribution is 2.30. The molecular formula is C26H29ClN2O3. The number of amides is 2. The Morgan fingerprint density at radius 2 is 1.97 bits per heavy atom. The smallest absolute Gasteiger partial charge is 0.260 e. The fraction of sp³-hybridized carbons (Fsp3) is 0.385. The lowest BCUT2D eigenvalue weighted by molar-refractivity contribution is -0.130. The Kier molecular flexibility index (Phi) is 7.28. The van der Waals surface area contributed by atoms with Crippen molar-refractivity contribution in [3.8, 4) is 0 Å². The molecule has 32 heavy (non-hydrogen) atoms. The first-order chi connectivity index (χ1) is 15.6. The summed E-state index contributed by atoms with van der Waals surface area (Å²) in [5, 5.41) is 0.425. The molecule has 2 aliphatic rings. The Balaban J connectivity index is 1.59. The van der Waals surface area contributed by atoms with Gasteiger partial charge in [-0.25, -0.2) is 0 Å². The van der Waals surface area contributed by atoms with E-state index in [0.29, 0.717) is 30.3 Å². The molecule has 2 aromatic carbocycles. The summed E-state index contributed by atoms with van der Waals surface area (Å²) in [6.07, 6.45) is 7.96. The highest BCUT2D eigenvalue weighted by Gasteiger charge is 2.30. The van der Waals surface area contributed by atoms with Crippen molar-refractivity contribution in [1.82, 2.24) is 4.90 Å². The maximum atomic E-state index is 13.5. The van der Waals surface area contributed by atoms with Gasteiger partial charge in [-0.3, -0.25) is 14.5 Å². The van der Waals surface area contributed by atoms with E-state index in [4.69, 9.17) is 16.3 Å². The number of methoxy groups -OCH3 is 1. The molecule has 1 aliphatic carbocycles. The van der Waals surface area contributed by atoms with Crippen LogP contribution in [0.5, 0.6) is 0 Å². The van der Waals surface area contributed by atoms with Crippen LogP contribution >= 0.6 is 11.6 Å². The third-order valence-corrected chi connectivity index (χ3v) is 6.49. The lowest BCUT2D eigenvalue weighted by Gasteiger charge is -2.23. The topological polar surface area (TPSA) is 49.9 Å². The van der Waals surface area contributed by atoms with E-state index in [0.717, 1.165) is 36.1 Å². The lowest BCUT2D eigenvalue weighted by Crippen LogP contribution is -2.41. The Hall–Kier alpha value is -2.63. The molecule has 0 unspecified atom stereocenters. The highest BCUT2D eigenvalue weighted by atomic mass is 35.5. The standard InChI is InChI=1S/C26H29ClN2O3/c1-32-14-13-28-17-21-9-5-6-10-24(21)29(18-25(28)30)26(31)22-12-11-20(16-23(22)27)15-19-7-3-2-4-8-19/h5-7,9-12,16H,2-4,8,13-15,17-18H2,1H3. The van der Waals surface area contributed by atoms with Crippen LogP contribution in [0.3, 0.4) is 0 Å². The van der Waals surface area contributed by atoms with E-state index >= 15 is 0 Å². The number of anilines is 1. The van der Waals surface area contributed by atoms with Crippen LogP contribution in [0.2, 0.25) is 5.02 Å². The zero-order valence-corrected chi connectivity index (χ0v) is 19.2. The van der Waals surface area contributed by atoms with E-state index in [1.165, 1.54) is 18.4 Å². The van der Waals surface area contributed by atoms with Crippen LogP contribution in [0.1, 0.15) is 47.2 Å². The van der Waals surface area contributed by atoms with Gasteiger partial charge < -0.3 is 9.64 Å².